The van der Waals surface area contributed by atoms with Gasteiger partial charge in [-0.1, -0.05) is 6.42 Å². The minimum Gasteiger partial charge on any atom is -0.378 e. The number of fused-ring (bicyclic) bond motifs is 1. The Morgan fingerprint density at radius 3 is 2.47 bits per heavy atom. The summed E-state index contributed by atoms with van der Waals surface area (Å²) in [5, 5.41) is 9.37. The number of thioether (sulfide) groups is 1. The number of alkyl halides is 3. The first kappa shape index (κ1) is 33.4. The highest BCUT2D eigenvalue weighted by molar-refractivity contribution is 8.00. The van der Waals surface area contributed by atoms with Crippen LogP contribution >= 0.6 is 11.8 Å². The van der Waals surface area contributed by atoms with Gasteiger partial charge in [-0.3, -0.25) is 9.69 Å². The standard InChI is InChI=1S/C29H40F3N11O3S/c1-18-34-16-19(24(35-18)29(30,31)32)25-38-26(40-27(39-25)43-12-14-46-15-13-43)42-10-8-41(9-11-42)7-6-33-22(44)5-3-2-4-21-23-20(17-47-21)36-28(45)37-23/h16,20-21,23H,2-15,17H2,1H3,(H,33,44)(H2,36,37,45)/t20-,21-,23-/m0/s1. The number of piperazine rings is 1. The minimum atomic E-state index is -4.71. The minimum absolute atomic E-state index is 0.00629. The summed E-state index contributed by atoms with van der Waals surface area (Å²) in [6.45, 7) is 7.06. The predicted molar refractivity (Wildman–Crippen MR) is 169 cm³/mol. The van der Waals surface area contributed by atoms with Crippen molar-refractivity contribution >= 4 is 35.6 Å². The molecule has 6 heterocycles. The molecular weight excluding hydrogens is 639 g/mol. The Labute approximate surface area is 275 Å². The highest BCUT2D eigenvalue weighted by Gasteiger charge is 2.42. The molecule has 4 saturated heterocycles. The summed E-state index contributed by atoms with van der Waals surface area (Å²) in [5.74, 6) is 1.44. The number of urea groups is 1. The zero-order chi connectivity index (χ0) is 33.0. The van der Waals surface area contributed by atoms with Gasteiger partial charge in [0.1, 0.15) is 5.82 Å². The molecule has 2 aromatic rings. The molecule has 2 aromatic heterocycles. The lowest BCUT2D eigenvalue weighted by atomic mass is 10.0. The SMILES string of the molecule is Cc1ncc(-c2nc(N3CCOCC3)nc(N3CCN(CCNC(=O)CCCC[C@@H]4SC[C@@H]5NC(=O)N[C@@H]54)CC3)n2)c(C(F)(F)F)n1. The van der Waals surface area contributed by atoms with Crippen LogP contribution in [0.5, 0.6) is 0 Å². The van der Waals surface area contributed by atoms with Crippen LogP contribution in [0.1, 0.15) is 37.2 Å². The Hall–Kier alpha value is -3.51. The molecule has 4 fully saturated rings. The second kappa shape index (κ2) is 14.7. The number of hydrogen-bond acceptors (Lipinski definition) is 12. The normalized spacial score (nSPS) is 23.4. The summed E-state index contributed by atoms with van der Waals surface area (Å²) < 4.78 is 47.3. The molecule has 0 spiro atoms. The maximum absolute atomic E-state index is 14.0. The van der Waals surface area contributed by atoms with Gasteiger partial charge in [0.15, 0.2) is 11.5 Å². The van der Waals surface area contributed by atoms with Crippen LogP contribution in [0, 0.1) is 6.92 Å². The number of aromatic nitrogens is 5. The van der Waals surface area contributed by atoms with Crippen LogP contribution < -0.4 is 25.8 Å². The molecule has 0 aromatic carbocycles. The van der Waals surface area contributed by atoms with E-state index in [1.54, 1.807) is 0 Å². The van der Waals surface area contributed by atoms with Gasteiger partial charge in [0, 0.05) is 76.0 Å². The van der Waals surface area contributed by atoms with Gasteiger partial charge in [-0.05, 0) is 19.8 Å². The molecule has 0 bridgehead atoms. The van der Waals surface area contributed by atoms with Crippen molar-refractivity contribution in [3.8, 4) is 11.4 Å². The van der Waals surface area contributed by atoms with E-state index in [1.165, 1.54) is 6.92 Å². The third kappa shape index (κ3) is 8.32. The third-order valence-electron chi connectivity index (χ3n) is 8.81. The highest BCUT2D eigenvalue weighted by atomic mass is 32.2. The van der Waals surface area contributed by atoms with E-state index in [0.717, 1.165) is 31.2 Å². The number of anilines is 2. The number of ether oxygens (including phenoxy) is 1. The second-order valence-corrected chi connectivity index (χ2v) is 13.4. The molecule has 6 rings (SSSR count). The Kier molecular flexibility index (Phi) is 10.5. The van der Waals surface area contributed by atoms with E-state index in [1.807, 2.05) is 21.6 Å². The summed E-state index contributed by atoms with van der Waals surface area (Å²) >= 11 is 1.88. The molecule has 18 heteroatoms. The van der Waals surface area contributed by atoms with Crippen molar-refractivity contribution in [3.63, 3.8) is 0 Å². The zero-order valence-electron chi connectivity index (χ0n) is 26.3. The number of nitrogens with one attached hydrogen (secondary N) is 3. The van der Waals surface area contributed by atoms with Gasteiger partial charge in [-0.25, -0.2) is 14.8 Å². The van der Waals surface area contributed by atoms with Gasteiger partial charge in [-0.2, -0.15) is 39.9 Å². The monoisotopic (exact) mass is 679 g/mol. The molecule has 0 aliphatic carbocycles. The number of nitrogens with zero attached hydrogens (tertiary/aromatic N) is 8. The van der Waals surface area contributed by atoms with Crippen LogP contribution in [0.25, 0.3) is 11.4 Å². The quantitative estimate of drug-likeness (QED) is 0.233. The Morgan fingerprint density at radius 2 is 1.74 bits per heavy atom. The van der Waals surface area contributed by atoms with Gasteiger partial charge in [0.25, 0.3) is 0 Å². The average Bonchev–Trinajstić information content (AvgIpc) is 3.62. The smallest absolute Gasteiger partial charge is 0.378 e. The molecule has 0 saturated carbocycles. The fourth-order valence-electron chi connectivity index (χ4n) is 6.26. The lowest BCUT2D eigenvalue weighted by Crippen LogP contribution is -2.49. The van der Waals surface area contributed by atoms with Crippen molar-refractivity contribution in [1.29, 1.82) is 0 Å². The van der Waals surface area contributed by atoms with E-state index in [0.29, 0.717) is 89.1 Å². The Morgan fingerprint density at radius 1 is 1.02 bits per heavy atom. The number of hydrogen-bond donors (Lipinski definition) is 3. The molecular formula is C29H40F3N11O3S. The highest BCUT2D eigenvalue weighted by Crippen LogP contribution is 2.35. The van der Waals surface area contributed by atoms with E-state index in [2.05, 4.69) is 45.8 Å². The molecule has 4 aliphatic rings. The van der Waals surface area contributed by atoms with E-state index >= 15 is 0 Å². The summed E-state index contributed by atoms with van der Waals surface area (Å²) in [6.07, 6.45) is -0.394. The van der Waals surface area contributed by atoms with E-state index in [-0.39, 0.29) is 41.2 Å². The lowest BCUT2D eigenvalue weighted by molar-refractivity contribution is -0.140. The number of unbranched alkanes of at least 4 members (excludes halogenated alkanes) is 1. The molecule has 4 aliphatic heterocycles. The van der Waals surface area contributed by atoms with E-state index < -0.39 is 11.9 Å². The van der Waals surface area contributed by atoms with E-state index in [9.17, 15) is 22.8 Å². The largest absolute Gasteiger partial charge is 0.434 e. The van der Waals surface area contributed by atoms with Crippen LogP contribution in [0.4, 0.5) is 29.9 Å². The first-order valence-electron chi connectivity index (χ1n) is 16.1. The predicted octanol–water partition coefficient (Wildman–Crippen LogP) is 1.46. The summed E-state index contributed by atoms with van der Waals surface area (Å²) in [7, 11) is 0. The zero-order valence-corrected chi connectivity index (χ0v) is 27.1. The van der Waals surface area contributed by atoms with Gasteiger partial charge < -0.3 is 30.5 Å². The number of amides is 3. The molecule has 3 atom stereocenters. The van der Waals surface area contributed by atoms with Crippen molar-refractivity contribution in [3.05, 3.63) is 17.7 Å². The Balaban J connectivity index is 0.997. The molecule has 256 valence electrons. The van der Waals surface area contributed by atoms with Crippen molar-refractivity contribution < 1.29 is 27.5 Å². The number of rotatable bonds is 11. The van der Waals surface area contributed by atoms with Crippen molar-refractivity contribution in [2.75, 3.05) is 81.1 Å². The van der Waals surface area contributed by atoms with Crippen LogP contribution in [0.2, 0.25) is 0 Å². The third-order valence-corrected chi connectivity index (χ3v) is 10.3. The molecule has 3 amide bonds. The maximum atomic E-state index is 14.0. The topological polar surface area (TPSA) is 154 Å². The van der Waals surface area contributed by atoms with Crippen molar-refractivity contribution in [2.45, 2.75) is 56.1 Å². The number of aryl methyl sites for hydroxylation is 1. The fraction of sp³-hybridized carbons (Fsp3) is 0.690. The summed E-state index contributed by atoms with van der Waals surface area (Å²) in [6, 6.07) is 0.316. The summed E-state index contributed by atoms with van der Waals surface area (Å²) in [4.78, 5) is 51.3. The number of carbonyl (C=O) groups is 2. The first-order valence-corrected chi connectivity index (χ1v) is 17.1. The lowest BCUT2D eigenvalue weighted by Gasteiger charge is -2.35. The first-order chi connectivity index (χ1) is 22.6. The second-order valence-electron chi connectivity index (χ2n) is 12.1. The number of carbonyl (C=O) groups excluding carboxylic acids is 2. The van der Waals surface area contributed by atoms with Crippen molar-refractivity contribution in [2.24, 2.45) is 0 Å². The summed E-state index contributed by atoms with van der Waals surface area (Å²) in [5.41, 5.74) is -1.37. The average molecular weight is 680 g/mol. The fourth-order valence-corrected chi connectivity index (χ4v) is 7.80. The van der Waals surface area contributed by atoms with Crippen LogP contribution in [0.3, 0.4) is 0 Å². The van der Waals surface area contributed by atoms with E-state index in [4.69, 9.17) is 4.74 Å². The number of halogens is 3. The van der Waals surface area contributed by atoms with Gasteiger partial charge in [0.2, 0.25) is 17.8 Å². The number of morpholine rings is 1. The molecule has 0 radical (unpaired) electrons. The van der Waals surface area contributed by atoms with Crippen LogP contribution in [-0.4, -0.2) is 130 Å². The van der Waals surface area contributed by atoms with Crippen molar-refractivity contribution in [1.82, 2.24) is 45.8 Å². The maximum Gasteiger partial charge on any atom is 0.434 e. The van der Waals surface area contributed by atoms with Gasteiger partial charge in [-0.15, -0.1) is 0 Å². The molecule has 0 unspecified atom stereocenters. The van der Waals surface area contributed by atoms with Crippen LogP contribution in [0.15, 0.2) is 6.20 Å². The molecule has 47 heavy (non-hydrogen) atoms. The van der Waals surface area contributed by atoms with Gasteiger partial charge >= 0.3 is 12.2 Å². The molecule has 3 N–H and O–H groups in total. The van der Waals surface area contributed by atoms with Crippen LogP contribution in [-0.2, 0) is 15.7 Å². The molecule has 14 nitrogen and oxygen atoms in total. The Bertz CT molecular complexity index is 1420. The van der Waals surface area contributed by atoms with Gasteiger partial charge in [0.05, 0.1) is 30.9 Å².